The molecule has 0 bridgehead atoms. The molecule has 0 aliphatic rings. The minimum atomic E-state index is -0.312. The van der Waals surface area contributed by atoms with E-state index in [0.29, 0.717) is 24.2 Å². The van der Waals surface area contributed by atoms with Crippen LogP contribution in [0.4, 0.5) is 10.1 Å². The molecule has 1 heterocycles. The Hall–Kier alpha value is -2.24. The van der Waals surface area contributed by atoms with Gasteiger partial charge in [-0.05, 0) is 30.7 Å². The van der Waals surface area contributed by atoms with Gasteiger partial charge in [-0.15, -0.1) is 0 Å². The maximum Gasteiger partial charge on any atom is 0.226 e. The summed E-state index contributed by atoms with van der Waals surface area (Å²) in [6, 6.07) is 4.26. The lowest BCUT2D eigenvalue weighted by Gasteiger charge is -2.08. The number of carbonyl (C=O) groups excluding carboxylic acids is 1. The molecule has 1 aromatic heterocycles. The average molecular weight is 248 g/mol. The smallest absolute Gasteiger partial charge is 0.226 e. The number of nitrogens with zero attached hydrogens (tertiary/aromatic N) is 3. The van der Waals surface area contributed by atoms with E-state index >= 15 is 0 Å². The normalized spacial score (nSPS) is 10.3. The number of rotatable bonds is 4. The van der Waals surface area contributed by atoms with Crippen LogP contribution in [-0.2, 0) is 11.3 Å². The minimum Gasteiger partial charge on any atom is -0.326 e. The molecule has 0 saturated carbocycles. The molecule has 94 valence electrons. The van der Waals surface area contributed by atoms with Crippen molar-refractivity contribution in [2.24, 2.45) is 0 Å². The van der Waals surface area contributed by atoms with E-state index in [0.717, 1.165) is 0 Å². The summed E-state index contributed by atoms with van der Waals surface area (Å²) in [6.45, 7) is 2.21. The van der Waals surface area contributed by atoms with Crippen LogP contribution in [0.25, 0.3) is 0 Å². The topological polar surface area (TPSA) is 59.8 Å². The zero-order valence-corrected chi connectivity index (χ0v) is 9.93. The largest absolute Gasteiger partial charge is 0.326 e. The monoisotopic (exact) mass is 248 g/mol. The van der Waals surface area contributed by atoms with Gasteiger partial charge in [-0.3, -0.25) is 9.48 Å². The van der Waals surface area contributed by atoms with Crippen molar-refractivity contribution in [2.45, 2.75) is 19.9 Å². The number of anilines is 1. The highest BCUT2D eigenvalue weighted by Crippen LogP contribution is 2.15. The molecule has 6 heteroatoms. The number of nitrogens with one attached hydrogen (secondary N) is 1. The van der Waals surface area contributed by atoms with Crippen LogP contribution in [0.3, 0.4) is 0 Å². The van der Waals surface area contributed by atoms with Crippen LogP contribution >= 0.6 is 0 Å². The van der Waals surface area contributed by atoms with E-state index in [1.807, 2.05) is 0 Å². The van der Waals surface area contributed by atoms with E-state index in [4.69, 9.17) is 0 Å². The van der Waals surface area contributed by atoms with Gasteiger partial charge in [0.15, 0.2) is 0 Å². The summed E-state index contributed by atoms with van der Waals surface area (Å²) < 4.78 is 14.5. The second kappa shape index (κ2) is 5.39. The van der Waals surface area contributed by atoms with Gasteiger partial charge in [0.25, 0.3) is 0 Å². The molecule has 0 aliphatic carbocycles. The lowest BCUT2D eigenvalue weighted by Crippen LogP contribution is -2.15. The first kappa shape index (κ1) is 12.2. The van der Waals surface area contributed by atoms with Crippen LogP contribution in [0.5, 0.6) is 0 Å². The van der Waals surface area contributed by atoms with Crippen LogP contribution in [-0.4, -0.2) is 20.7 Å². The standard InChI is InChI=1S/C12H13FN4O/c1-9-6-10(13)2-3-11(9)16-12(18)4-5-17-8-14-7-15-17/h2-3,6-8H,4-5H2,1H3,(H,16,18). The van der Waals surface area contributed by atoms with Gasteiger partial charge in [0.2, 0.25) is 5.91 Å². The number of hydrogen-bond acceptors (Lipinski definition) is 3. The molecule has 5 nitrogen and oxygen atoms in total. The number of aromatic nitrogens is 3. The van der Waals surface area contributed by atoms with Crippen molar-refractivity contribution in [3.63, 3.8) is 0 Å². The summed E-state index contributed by atoms with van der Waals surface area (Å²) in [5.41, 5.74) is 1.32. The van der Waals surface area contributed by atoms with Crippen molar-refractivity contribution in [3.8, 4) is 0 Å². The maximum atomic E-state index is 12.9. The second-order valence-electron chi connectivity index (χ2n) is 3.92. The fourth-order valence-electron chi connectivity index (χ4n) is 1.54. The molecule has 0 radical (unpaired) electrons. The van der Waals surface area contributed by atoms with Crippen molar-refractivity contribution in [1.29, 1.82) is 0 Å². The lowest BCUT2D eigenvalue weighted by atomic mass is 10.2. The van der Waals surface area contributed by atoms with E-state index in [1.54, 1.807) is 24.0 Å². The lowest BCUT2D eigenvalue weighted by molar-refractivity contribution is -0.116. The summed E-state index contributed by atoms with van der Waals surface area (Å²) >= 11 is 0. The number of halogens is 1. The number of carbonyl (C=O) groups is 1. The summed E-state index contributed by atoms with van der Waals surface area (Å²) in [7, 11) is 0. The summed E-state index contributed by atoms with van der Waals surface area (Å²) in [5, 5.41) is 6.63. The Morgan fingerprint density at radius 2 is 2.33 bits per heavy atom. The van der Waals surface area contributed by atoms with Crippen LogP contribution < -0.4 is 5.32 Å². The Morgan fingerprint density at radius 3 is 3.00 bits per heavy atom. The molecule has 0 fully saturated rings. The molecule has 2 rings (SSSR count). The van der Waals surface area contributed by atoms with Crippen molar-refractivity contribution in [3.05, 3.63) is 42.2 Å². The Bertz CT molecular complexity index is 539. The zero-order chi connectivity index (χ0) is 13.0. The molecule has 1 N–H and O–H groups in total. The molecular weight excluding hydrogens is 235 g/mol. The van der Waals surface area contributed by atoms with Gasteiger partial charge in [-0.25, -0.2) is 9.37 Å². The summed E-state index contributed by atoms with van der Waals surface area (Å²) in [5.74, 6) is -0.451. The Kier molecular flexibility index (Phi) is 3.66. The van der Waals surface area contributed by atoms with Gasteiger partial charge in [0.1, 0.15) is 18.5 Å². The predicted octanol–water partition coefficient (Wildman–Crippen LogP) is 1.75. The molecule has 0 saturated heterocycles. The highest BCUT2D eigenvalue weighted by Gasteiger charge is 2.06. The molecule has 18 heavy (non-hydrogen) atoms. The van der Waals surface area contributed by atoms with Gasteiger partial charge in [-0.1, -0.05) is 0 Å². The zero-order valence-electron chi connectivity index (χ0n) is 9.93. The van der Waals surface area contributed by atoms with Crippen LogP contribution in [0.1, 0.15) is 12.0 Å². The number of aryl methyl sites for hydroxylation is 2. The first-order valence-electron chi connectivity index (χ1n) is 5.53. The summed E-state index contributed by atoms with van der Waals surface area (Å²) in [6.07, 6.45) is 3.26. The van der Waals surface area contributed by atoms with Gasteiger partial charge >= 0.3 is 0 Å². The number of benzene rings is 1. The van der Waals surface area contributed by atoms with Crippen LogP contribution in [0.2, 0.25) is 0 Å². The van der Waals surface area contributed by atoms with E-state index < -0.39 is 0 Å². The van der Waals surface area contributed by atoms with Crippen molar-refractivity contribution in [1.82, 2.24) is 14.8 Å². The Balaban J connectivity index is 1.91. The van der Waals surface area contributed by atoms with Crippen molar-refractivity contribution in [2.75, 3.05) is 5.32 Å². The van der Waals surface area contributed by atoms with Crippen molar-refractivity contribution >= 4 is 11.6 Å². The third-order valence-electron chi connectivity index (χ3n) is 2.50. The predicted molar refractivity (Wildman–Crippen MR) is 64.4 cm³/mol. The van der Waals surface area contributed by atoms with Crippen molar-refractivity contribution < 1.29 is 9.18 Å². The highest BCUT2D eigenvalue weighted by molar-refractivity contribution is 5.91. The van der Waals surface area contributed by atoms with Gasteiger partial charge in [-0.2, -0.15) is 5.10 Å². The first-order valence-corrected chi connectivity index (χ1v) is 5.53. The minimum absolute atomic E-state index is 0.139. The van der Waals surface area contributed by atoms with Gasteiger partial charge in [0.05, 0.1) is 6.54 Å². The van der Waals surface area contributed by atoms with E-state index in [2.05, 4.69) is 15.4 Å². The van der Waals surface area contributed by atoms with E-state index in [-0.39, 0.29) is 11.7 Å². The van der Waals surface area contributed by atoms with Crippen LogP contribution in [0.15, 0.2) is 30.9 Å². The van der Waals surface area contributed by atoms with Crippen LogP contribution in [0, 0.1) is 12.7 Å². The molecule has 0 spiro atoms. The quantitative estimate of drug-likeness (QED) is 0.896. The molecule has 2 aromatic rings. The first-order chi connectivity index (χ1) is 8.65. The van der Waals surface area contributed by atoms with E-state index in [9.17, 15) is 9.18 Å². The SMILES string of the molecule is Cc1cc(F)ccc1NC(=O)CCn1cncn1. The third-order valence-corrected chi connectivity index (χ3v) is 2.50. The molecule has 1 amide bonds. The highest BCUT2D eigenvalue weighted by atomic mass is 19.1. The fourth-order valence-corrected chi connectivity index (χ4v) is 1.54. The molecule has 1 aromatic carbocycles. The van der Waals surface area contributed by atoms with E-state index in [1.165, 1.54) is 18.5 Å². The molecule has 0 unspecified atom stereocenters. The van der Waals surface area contributed by atoms with Gasteiger partial charge < -0.3 is 5.32 Å². The molecule has 0 aliphatic heterocycles. The Labute approximate surface area is 104 Å². The number of hydrogen-bond donors (Lipinski definition) is 1. The summed E-state index contributed by atoms with van der Waals surface area (Å²) in [4.78, 5) is 15.5. The Morgan fingerprint density at radius 1 is 1.50 bits per heavy atom. The van der Waals surface area contributed by atoms with Gasteiger partial charge in [0, 0.05) is 12.1 Å². The average Bonchev–Trinajstić information content (AvgIpc) is 2.83. The second-order valence-corrected chi connectivity index (χ2v) is 3.92. The fraction of sp³-hybridized carbons (Fsp3) is 0.250. The molecule has 0 atom stereocenters. The molecular formula is C12H13FN4O. The maximum absolute atomic E-state index is 12.9. The third kappa shape index (κ3) is 3.13. The number of amides is 1.